The summed E-state index contributed by atoms with van der Waals surface area (Å²) in [6, 6.07) is 14.0. The Labute approximate surface area is 160 Å². The third-order valence-electron chi connectivity index (χ3n) is 5.89. The van der Waals surface area contributed by atoms with Crippen LogP contribution in [0.5, 0.6) is 0 Å². The molecule has 0 bridgehead atoms. The molecule has 1 fully saturated rings. The van der Waals surface area contributed by atoms with Crippen LogP contribution in [0, 0.1) is 12.8 Å². The first kappa shape index (κ1) is 17.8. The van der Waals surface area contributed by atoms with Gasteiger partial charge in [-0.25, -0.2) is 0 Å². The first-order valence-electron chi connectivity index (χ1n) is 9.89. The maximum absolute atomic E-state index is 12.7. The van der Waals surface area contributed by atoms with Gasteiger partial charge in [0.25, 0.3) is 5.91 Å². The molecule has 2 aromatic carbocycles. The average Bonchev–Trinajstić information content (AvgIpc) is 3.16. The van der Waals surface area contributed by atoms with Crippen molar-refractivity contribution in [2.75, 3.05) is 18.4 Å². The van der Waals surface area contributed by atoms with Crippen LogP contribution in [0.15, 0.2) is 42.5 Å². The van der Waals surface area contributed by atoms with E-state index in [1.54, 1.807) is 0 Å². The highest BCUT2D eigenvalue weighted by molar-refractivity contribution is 5.96. The maximum Gasteiger partial charge on any atom is 0.254 e. The van der Waals surface area contributed by atoms with Gasteiger partial charge in [-0.3, -0.25) is 9.59 Å². The minimum absolute atomic E-state index is 0.0285. The molecule has 4 rings (SSSR count). The highest BCUT2D eigenvalue weighted by Gasteiger charge is 2.28. The Kier molecular flexibility index (Phi) is 4.97. The van der Waals surface area contributed by atoms with Crippen LogP contribution in [0.25, 0.3) is 0 Å². The van der Waals surface area contributed by atoms with Gasteiger partial charge in [-0.2, -0.15) is 0 Å². The molecule has 0 unspecified atom stereocenters. The van der Waals surface area contributed by atoms with Crippen molar-refractivity contribution in [3.63, 3.8) is 0 Å². The van der Waals surface area contributed by atoms with E-state index in [0.29, 0.717) is 25.9 Å². The molecular formula is C23H26N2O2. The van der Waals surface area contributed by atoms with Crippen LogP contribution >= 0.6 is 0 Å². The first-order valence-corrected chi connectivity index (χ1v) is 9.89. The van der Waals surface area contributed by atoms with E-state index in [0.717, 1.165) is 29.7 Å². The monoisotopic (exact) mass is 362 g/mol. The van der Waals surface area contributed by atoms with Crippen LogP contribution in [0.4, 0.5) is 5.69 Å². The minimum Gasteiger partial charge on any atom is -0.339 e. The van der Waals surface area contributed by atoms with Crippen LogP contribution in [0.3, 0.4) is 0 Å². The first-order chi connectivity index (χ1) is 13.1. The second-order valence-electron chi connectivity index (χ2n) is 7.71. The van der Waals surface area contributed by atoms with Gasteiger partial charge < -0.3 is 10.2 Å². The van der Waals surface area contributed by atoms with Crippen molar-refractivity contribution < 1.29 is 9.59 Å². The van der Waals surface area contributed by atoms with Crippen molar-refractivity contribution in [3.05, 3.63) is 64.7 Å². The van der Waals surface area contributed by atoms with Gasteiger partial charge in [0.15, 0.2) is 0 Å². The summed E-state index contributed by atoms with van der Waals surface area (Å²) >= 11 is 0. The Morgan fingerprint density at radius 3 is 2.52 bits per heavy atom. The summed E-state index contributed by atoms with van der Waals surface area (Å²) in [7, 11) is 0. The average molecular weight is 362 g/mol. The molecular weight excluding hydrogens is 336 g/mol. The molecule has 1 aliphatic heterocycles. The van der Waals surface area contributed by atoms with Crippen molar-refractivity contribution in [2.24, 2.45) is 5.92 Å². The zero-order valence-electron chi connectivity index (χ0n) is 15.8. The Morgan fingerprint density at radius 1 is 1.00 bits per heavy atom. The van der Waals surface area contributed by atoms with Crippen LogP contribution in [-0.4, -0.2) is 29.8 Å². The molecule has 0 atom stereocenters. The summed E-state index contributed by atoms with van der Waals surface area (Å²) in [5.74, 6) is 0.126. The summed E-state index contributed by atoms with van der Waals surface area (Å²) in [6.07, 6.45) is 4.90. The van der Waals surface area contributed by atoms with Crippen molar-refractivity contribution in [3.8, 4) is 0 Å². The number of fused-ring (bicyclic) bond motifs is 1. The number of aryl methyl sites for hydroxylation is 3. The fourth-order valence-corrected chi connectivity index (χ4v) is 4.22. The van der Waals surface area contributed by atoms with Crippen LogP contribution in [0.2, 0.25) is 0 Å². The van der Waals surface area contributed by atoms with Gasteiger partial charge in [0, 0.05) is 30.3 Å². The van der Waals surface area contributed by atoms with E-state index in [1.165, 1.54) is 17.5 Å². The molecule has 0 radical (unpaired) electrons. The van der Waals surface area contributed by atoms with E-state index in [-0.39, 0.29) is 17.7 Å². The lowest BCUT2D eigenvalue weighted by atomic mass is 9.95. The normalized spacial score (nSPS) is 16.9. The van der Waals surface area contributed by atoms with Crippen LogP contribution < -0.4 is 5.32 Å². The molecule has 4 heteroatoms. The second kappa shape index (κ2) is 7.55. The van der Waals surface area contributed by atoms with Gasteiger partial charge in [-0.15, -0.1) is 0 Å². The van der Waals surface area contributed by atoms with Gasteiger partial charge >= 0.3 is 0 Å². The van der Waals surface area contributed by atoms with Crippen molar-refractivity contribution in [1.82, 2.24) is 4.90 Å². The smallest absolute Gasteiger partial charge is 0.254 e. The number of carbonyl (C=O) groups excluding carboxylic acids is 2. The van der Waals surface area contributed by atoms with Gasteiger partial charge in [0.05, 0.1) is 0 Å². The van der Waals surface area contributed by atoms with Gasteiger partial charge in [-0.05, 0) is 73.9 Å². The van der Waals surface area contributed by atoms with Crippen LogP contribution in [0.1, 0.15) is 46.3 Å². The molecule has 140 valence electrons. The molecule has 0 spiro atoms. The van der Waals surface area contributed by atoms with E-state index in [4.69, 9.17) is 0 Å². The van der Waals surface area contributed by atoms with E-state index in [2.05, 4.69) is 17.4 Å². The number of likely N-dealkylation sites (tertiary alicyclic amines) is 1. The quantitative estimate of drug-likeness (QED) is 0.898. The topological polar surface area (TPSA) is 49.4 Å². The van der Waals surface area contributed by atoms with Gasteiger partial charge in [-0.1, -0.05) is 24.3 Å². The molecule has 1 heterocycles. The molecule has 2 amide bonds. The molecule has 2 aliphatic rings. The summed E-state index contributed by atoms with van der Waals surface area (Å²) in [4.78, 5) is 27.3. The highest BCUT2D eigenvalue weighted by Crippen LogP contribution is 2.26. The number of hydrogen-bond acceptors (Lipinski definition) is 2. The molecule has 0 aromatic heterocycles. The number of anilines is 1. The van der Waals surface area contributed by atoms with E-state index in [1.807, 2.05) is 42.2 Å². The molecule has 27 heavy (non-hydrogen) atoms. The predicted octanol–water partition coefficient (Wildman–Crippen LogP) is 3.97. The number of hydrogen-bond donors (Lipinski definition) is 1. The fraction of sp³-hybridized carbons (Fsp3) is 0.391. The number of carbonyl (C=O) groups is 2. The summed E-state index contributed by atoms with van der Waals surface area (Å²) in [5, 5.41) is 3.08. The van der Waals surface area contributed by atoms with Gasteiger partial charge in [0.2, 0.25) is 5.91 Å². The molecule has 1 saturated heterocycles. The molecule has 0 saturated carbocycles. The number of nitrogens with zero attached hydrogens (tertiary/aromatic N) is 1. The van der Waals surface area contributed by atoms with Crippen molar-refractivity contribution in [2.45, 2.75) is 39.0 Å². The Bertz CT molecular complexity index is 866. The minimum atomic E-state index is -0.0285. The largest absolute Gasteiger partial charge is 0.339 e. The lowest BCUT2D eigenvalue weighted by molar-refractivity contribution is -0.121. The number of amides is 2. The Hall–Kier alpha value is -2.62. The highest BCUT2D eigenvalue weighted by atomic mass is 16.2. The number of benzene rings is 2. The maximum atomic E-state index is 12.7. The number of rotatable bonds is 3. The predicted molar refractivity (Wildman–Crippen MR) is 107 cm³/mol. The standard InChI is InChI=1S/C23H26N2O2/c1-16-5-2-3-8-21(16)23(27)25-13-11-18(12-14-25)22(26)24-20-10-9-17-6-4-7-19(17)15-20/h2-3,5,8-10,15,18H,4,6-7,11-14H2,1H3,(H,24,26). The summed E-state index contributed by atoms with van der Waals surface area (Å²) in [5.41, 5.74) is 5.44. The third kappa shape index (κ3) is 3.75. The van der Waals surface area contributed by atoms with E-state index < -0.39 is 0 Å². The zero-order valence-corrected chi connectivity index (χ0v) is 15.8. The molecule has 4 nitrogen and oxygen atoms in total. The zero-order chi connectivity index (χ0) is 18.8. The lowest BCUT2D eigenvalue weighted by Gasteiger charge is -2.31. The fourth-order valence-electron chi connectivity index (χ4n) is 4.22. The molecule has 2 aromatic rings. The Morgan fingerprint density at radius 2 is 1.74 bits per heavy atom. The second-order valence-corrected chi connectivity index (χ2v) is 7.71. The summed E-state index contributed by atoms with van der Waals surface area (Å²) in [6.45, 7) is 3.23. The number of nitrogens with one attached hydrogen (secondary N) is 1. The van der Waals surface area contributed by atoms with Crippen molar-refractivity contribution >= 4 is 17.5 Å². The third-order valence-corrected chi connectivity index (χ3v) is 5.89. The van der Waals surface area contributed by atoms with Crippen LogP contribution in [-0.2, 0) is 17.6 Å². The van der Waals surface area contributed by atoms with E-state index >= 15 is 0 Å². The molecule has 1 aliphatic carbocycles. The summed E-state index contributed by atoms with van der Waals surface area (Å²) < 4.78 is 0. The Balaban J connectivity index is 1.34. The van der Waals surface area contributed by atoms with Gasteiger partial charge in [0.1, 0.15) is 0 Å². The SMILES string of the molecule is Cc1ccccc1C(=O)N1CCC(C(=O)Nc2ccc3c(c2)CCC3)CC1. The van der Waals surface area contributed by atoms with E-state index in [9.17, 15) is 9.59 Å². The number of piperidine rings is 1. The van der Waals surface area contributed by atoms with Crippen molar-refractivity contribution in [1.29, 1.82) is 0 Å². The lowest BCUT2D eigenvalue weighted by Crippen LogP contribution is -2.41. The molecule has 1 N–H and O–H groups in total.